The Morgan fingerprint density at radius 1 is 1.41 bits per heavy atom. The van der Waals surface area contributed by atoms with E-state index in [9.17, 15) is 8.42 Å². The molecule has 1 saturated carbocycles. The maximum atomic E-state index is 11.4. The first kappa shape index (κ1) is 12.8. The molecule has 1 aliphatic rings. The second-order valence-electron chi connectivity index (χ2n) is 4.49. The van der Waals surface area contributed by atoms with Gasteiger partial charge in [-0.05, 0) is 12.3 Å². The number of hydrogen-bond acceptors (Lipinski definition) is 4. The van der Waals surface area contributed by atoms with E-state index in [2.05, 4.69) is 10.2 Å². The molecule has 96 valence electrons. The lowest BCUT2D eigenvalue weighted by atomic mass is 9.83. The highest BCUT2D eigenvalue weighted by Crippen LogP contribution is 2.30. The summed E-state index contributed by atoms with van der Waals surface area (Å²) < 4.78 is 24.3. The van der Waals surface area contributed by atoms with Gasteiger partial charge in [0.1, 0.15) is 5.82 Å². The van der Waals surface area contributed by atoms with Crippen LogP contribution in [0.15, 0.2) is 5.16 Å². The number of halogens is 1. The minimum Gasteiger partial charge on any atom is -0.301 e. The number of hydrogen-bond donors (Lipinski definition) is 0. The maximum absolute atomic E-state index is 11.4. The Hall–Kier alpha value is -0.620. The Balaban J connectivity index is 2.28. The van der Waals surface area contributed by atoms with Crippen LogP contribution in [-0.2, 0) is 22.0 Å². The minimum atomic E-state index is -3.80. The molecular formula is C10H16ClN3O2S. The maximum Gasteiger partial charge on any atom is 0.296 e. The van der Waals surface area contributed by atoms with Crippen molar-refractivity contribution in [1.29, 1.82) is 0 Å². The highest BCUT2D eigenvalue weighted by Gasteiger charge is 2.25. The van der Waals surface area contributed by atoms with Gasteiger partial charge in [-0.25, -0.2) is 8.42 Å². The van der Waals surface area contributed by atoms with Crippen LogP contribution in [0.2, 0.25) is 0 Å². The lowest BCUT2D eigenvalue weighted by Crippen LogP contribution is -2.18. The first-order valence-corrected chi connectivity index (χ1v) is 8.20. The van der Waals surface area contributed by atoms with Gasteiger partial charge >= 0.3 is 0 Å². The lowest BCUT2D eigenvalue weighted by Gasteiger charge is -2.24. The molecule has 0 bridgehead atoms. The first-order valence-electron chi connectivity index (χ1n) is 5.89. The largest absolute Gasteiger partial charge is 0.301 e. The number of rotatable bonds is 5. The van der Waals surface area contributed by atoms with Crippen molar-refractivity contribution in [3.8, 4) is 0 Å². The molecule has 7 heteroatoms. The molecule has 0 amide bonds. The quantitative estimate of drug-likeness (QED) is 0.772. The second kappa shape index (κ2) is 4.94. The third kappa shape index (κ3) is 2.80. The molecule has 0 aliphatic heterocycles. The van der Waals surface area contributed by atoms with E-state index >= 15 is 0 Å². The molecule has 0 unspecified atom stereocenters. The van der Waals surface area contributed by atoms with Crippen molar-refractivity contribution in [3.63, 3.8) is 0 Å². The monoisotopic (exact) mass is 277 g/mol. The van der Waals surface area contributed by atoms with Gasteiger partial charge in [-0.1, -0.05) is 26.2 Å². The van der Waals surface area contributed by atoms with Crippen molar-refractivity contribution >= 4 is 19.7 Å². The van der Waals surface area contributed by atoms with Crippen LogP contribution in [0.4, 0.5) is 0 Å². The smallest absolute Gasteiger partial charge is 0.296 e. The Kier molecular flexibility index (Phi) is 3.73. The van der Waals surface area contributed by atoms with E-state index < -0.39 is 9.05 Å². The van der Waals surface area contributed by atoms with Gasteiger partial charge in [0.05, 0.1) is 0 Å². The van der Waals surface area contributed by atoms with Crippen LogP contribution in [0.3, 0.4) is 0 Å². The van der Waals surface area contributed by atoms with Gasteiger partial charge < -0.3 is 4.57 Å². The number of aromatic nitrogens is 3. The zero-order valence-corrected chi connectivity index (χ0v) is 11.3. The van der Waals surface area contributed by atoms with E-state index in [-0.39, 0.29) is 5.16 Å². The summed E-state index contributed by atoms with van der Waals surface area (Å²) in [6, 6.07) is 0. The summed E-state index contributed by atoms with van der Waals surface area (Å²) in [7, 11) is 1.55. The average molecular weight is 278 g/mol. The van der Waals surface area contributed by atoms with Crippen molar-refractivity contribution in [2.24, 2.45) is 5.92 Å². The van der Waals surface area contributed by atoms with Crippen molar-refractivity contribution < 1.29 is 8.42 Å². The van der Waals surface area contributed by atoms with Crippen LogP contribution in [0, 0.1) is 5.92 Å². The van der Waals surface area contributed by atoms with Crippen LogP contribution < -0.4 is 0 Å². The van der Waals surface area contributed by atoms with E-state index in [1.54, 1.807) is 4.57 Å². The molecule has 1 aliphatic carbocycles. The molecule has 0 N–H and O–H groups in total. The highest BCUT2D eigenvalue weighted by molar-refractivity contribution is 8.13. The van der Waals surface area contributed by atoms with Crippen LogP contribution in [-0.4, -0.2) is 23.2 Å². The standard InChI is InChI=1S/C10H16ClN3O2S/c1-2-6-14-9(7-8-4-3-5-8)12-13-10(14)17(11,15)16/h8H,2-7H2,1H3. The molecule has 2 rings (SSSR count). The zero-order chi connectivity index (χ0) is 12.5. The van der Waals surface area contributed by atoms with Gasteiger partial charge in [-0.3, -0.25) is 0 Å². The summed E-state index contributed by atoms with van der Waals surface area (Å²) in [5, 5.41) is 7.57. The highest BCUT2D eigenvalue weighted by atomic mass is 35.7. The Bertz CT molecular complexity index is 494. The summed E-state index contributed by atoms with van der Waals surface area (Å²) in [6.45, 7) is 2.58. The van der Waals surface area contributed by atoms with Gasteiger partial charge in [0, 0.05) is 23.6 Å². The summed E-state index contributed by atoms with van der Waals surface area (Å²) >= 11 is 0. The van der Waals surface area contributed by atoms with Crippen LogP contribution in [0.25, 0.3) is 0 Å². The zero-order valence-electron chi connectivity index (χ0n) is 9.76. The van der Waals surface area contributed by atoms with Crippen molar-refractivity contribution in [3.05, 3.63) is 5.82 Å². The summed E-state index contributed by atoms with van der Waals surface area (Å²) in [5.41, 5.74) is 0. The van der Waals surface area contributed by atoms with Crippen LogP contribution >= 0.6 is 10.7 Å². The van der Waals surface area contributed by atoms with Gasteiger partial charge in [0.15, 0.2) is 0 Å². The van der Waals surface area contributed by atoms with Gasteiger partial charge in [-0.2, -0.15) is 0 Å². The molecular weight excluding hydrogens is 262 g/mol. The van der Waals surface area contributed by atoms with E-state index in [0.29, 0.717) is 12.5 Å². The van der Waals surface area contributed by atoms with E-state index in [1.807, 2.05) is 6.92 Å². The summed E-state index contributed by atoms with van der Waals surface area (Å²) in [6.07, 6.45) is 5.28. The summed E-state index contributed by atoms with van der Waals surface area (Å²) in [4.78, 5) is 0. The molecule has 0 aromatic carbocycles. The van der Waals surface area contributed by atoms with Crippen LogP contribution in [0.1, 0.15) is 38.4 Å². The normalized spacial score (nSPS) is 17.1. The van der Waals surface area contributed by atoms with Crippen molar-refractivity contribution in [2.45, 2.75) is 50.7 Å². The molecule has 1 heterocycles. The van der Waals surface area contributed by atoms with E-state index in [0.717, 1.165) is 18.7 Å². The molecule has 17 heavy (non-hydrogen) atoms. The topological polar surface area (TPSA) is 64.8 Å². The second-order valence-corrected chi connectivity index (χ2v) is 6.95. The molecule has 0 atom stereocenters. The molecule has 1 fully saturated rings. The molecule has 1 aromatic heterocycles. The molecule has 0 saturated heterocycles. The molecule has 0 spiro atoms. The van der Waals surface area contributed by atoms with E-state index in [4.69, 9.17) is 10.7 Å². The fraction of sp³-hybridized carbons (Fsp3) is 0.800. The first-order chi connectivity index (χ1) is 8.02. The Morgan fingerprint density at radius 3 is 2.59 bits per heavy atom. The predicted molar refractivity (Wildman–Crippen MR) is 64.4 cm³/mol. The molecule has 1 aromatic rings. The van der Waals surface area contributed by atoms with Crippen LogP contribution in [0.5, 0.6) is 0 Å². The van der Waals surface area contributed by atoms with Crippen molar-refractivity contribution in [2.75, 3.05) is 0 Å². The van der Waals surface area contributed by atoms with Gasteiger partial charge in [0.25, 0.3) is 14.2 Å². The molecule has 0 radical (unpaired) electrons. The predicted octanol–water partition coefficient (Wildman–Crippen LogP) is 1.96. The van der Waals surface area contributed by atoms with Crippen molar-refractivity contribution in [1.82, 2.24) is 14.8 Å². The van der Waals surface area contributed by atoms with Gasteiger partial charge in [0.2, 0.25) is 0 Å². The fourth-order valence-corrected chi connectivity index (χ4v) is 2.99. The molecule has 5 nitrogen and oxygen atoms in total. The number of nitrogens with zero attached hydrogens (tertiary/aromatic N) is 3. The fourth-order valence-electron chi connectivity index (χ4n) is 2.05. The third-order valence-corrected chi connectivity index (χ3v) is 4.31. The van der Waals surface area contributed by atoms with Gasteiger partial charge in [-0.15, -0.1) is 10.2 Å². The lowest BCUT2D eigenvalue weighted by molar-refractivity contribution is 0.304. The SMILES string of the molecule is CCCn1c(CC2CCC2)nnc1S(=O)(=O)Cl. The average Bonchev–Trinajstić information content (AvgIpc) is 2.55. The summed E-state index contributed by atoms with van der Waals surface area (Å²) in [5.74, 6) is 1.37. The van der Waals surface area contributed by atoms with E-state index in [1.165, 1.54) is 19.3 Å². The minimum absolute atomic E-state index is 0.115. The third-order valence-electron chi connectivity index (χ3n) is 3.15. The Morgan fingerprint density at radius 2 is 2.12 bits per heavy atom. The Labute approximate surface area is 106 Å².